The third-order valence-corrected chi connectivity index (χ3v) is 4.37. The Kier molecular flexibility index (Phi) is 5.21. The summed E-state index contributed by atoms with van der Waals surface area (Å²) in [6.07, 6.45) is 1.25. The van der Waals surface area contributed by atoms with Gasteiger partial charge in [0.15, 0.2) is 0 Å². The second kappa shape index (κ2) is 6.14. The number of likely N-dealkylation sites (N-methyl/N-ethyl adjacent to an activating group) is 1. The van der Waals surface area contributed by atoms with Crippen LogP contribution in [0.5, 0.6) is 0 Å². The first-order valence-electron chi connectivity index (χ1n) is 6.75. The molecule has 0 amide bonds. The normalized spacial score (nSPS) is 12.8. The van der Waals surface area contributed by atoms with Crippen LogP contribution in [-0.2, 0) is 15.4 Å². The molecule has 5 heteroatoms. The van der Waals surface area contributed by atoms with E-state index in [0.717, 1.165) is 5.69 Å². The fraction of sp³-hybridized carbons (Fsp3) is 0.600. The predicted molar refractivity (Wildman–Crippen MR) is 85.9 cm³/mol. The summed E-state index contributed by atoms with van der Waals surface area (Å²) in [5.41, 5.74) is 1.99. The lowest BCUT2D eigenvalue weighted by molar-refractivity contribution is 0.419. The Morgan fingerprint density at radius 1 is 1.00 bits per heavy atom. The third kappa shape index (κ3) is 4.80. The van der Waals surface area contributed by atoms with Crippen molar-refractivity contribution in [2.45, 2.75) is 26.2 Å². The molecule has 0 unspecified atom stereocenters. The van der Waals surface area contributed by atoms with E-state index in [4.69, 9.17) is 0 Å². The Morgan fingerprint density at radius 2 is 1.50 bits per heavy atom. The van der Waals surface area contributed by atoms with Crippen molar-refractivity contribution in [2.24, 2.45) is 0 Å². The van der Waals surface area contributed by atoms with E-state index in [1.54, 1.807) is 0 Å². The summed E-state index contributed by atoms with van der Waals surface area (Å²) >= 11 is 0. The van der Waals surface area contributed by atoms with Crippen molar-refractivity contribution < 1.29 is 8.42 Å². The highest BCUT2D eigenvalue weighted by atomic mass is 32.2. The minimum Gasteiger partial charge on any atom is -0.308 e. The lowest BCUT2D eigenvalue weighted by atomic mass is 9.87. The van der Waals surface area contributed by atoms with Crippen LogP contribution >= 0.6 is 0 Å². The van der Waals surface area contributed by atoms with Gasteiger partial charge >= 0.3 is 0 Å². The van der Waals surface area contributed by atoms with Gasteiger partial charge in [-0.15, -0.1) is 0 Å². The van der Waals surface area contributed by atoms with Crippen LogP contribution in [0.25, 0.3) is 0 Å². The quantitative estimate of drug-likeness (QED) is 0.837. The third-order valence-electron chi connectivity index (χ3n) is 3.17. The zero-order valence-electron chi connectivity index (χ0n) is 13.3. The van der Waals surface area contributed by atoms with Crippen LogP contribution in [0.15, 0.2) is 24.3 Å². The first kappa shape index (κ1) is 17.0. The fourth-order valence-electron chi connectivity index (χ4n) is 1.90. The smallest absolute Gasteiger partial charge is 0.232 e. The van der Waals surface area contributed by atoms with E-state index in [1.165, 1.54) is 16.1 Å². The molecule has 20 heavy (non-hydrogen) atoms. The summed E-state index contributed by atoms with van der Waals surface area (Å²) in [5.74, 6) is 0. The van der Waals surface area contributed by atoms with Gasteiger partial charge in [0.1, 0.15) is 0 Å². The van der Waals surface area contributed by atoms with Gasteiger partial charge in [-0.05, 0) is 37.2 Å². The summed E-state index contributed by atoms with van der Waals surface area (Å²) in [4.78, 5) is 1.97. The Bertz CT molecular complexity index is 528. The van der Waals surface area contributed by atoms with Crippen molar-refractivity contribution in [1.29, 1.82) is 0 Å². The highest BCUT2D eigenvalue weighted by Gasteiger charge is 2.19. The zero-order chi connectivity index (χ0) is 15.6. The van der Waals surface area contributed by atoms with Gasteiger partial charge in [-0.3, -0.25) is 4.31 Å². The number of rotatable bonds is 5. The molecule has 1 aromatic rings. The van der Waals surface area contributed by atoms with E-state index in [0.29, 0.717) is 13.1 Å². The molecular formula is C15H26N2O2S. The van der Waals surface area contributed by atoms with Crippen molar-refractivity contribution >= 4 is 15.7 Å². The first-order valence-corrected chi connectivity index (χ1v) is 8.59. The van der Waals surface area contributed by atoms with Crippen molar-refractivity contribution in [3.8, 4) is 0 Å². The van der Waals surface area contributed by atoms with Gasteiger partial charge < -0.3 is 4.90 Å². The molecule has 0 heterocycles. The molecule has 0 spiro atoms. The van der Waals surface area contributed by atoms with Gasteiger partial charge in [-0.2, -0.15) is 0 Å². The highest BCUT2D eigenvalue weighted by Crippen LogP contribution is 2.25. The molecule has 0 saturated carbocycles. The molecule has 0 radical (unpaired) electrons. The van der Waals surface area contributed by atoms with Crippen molar-refractivity contribution in [2.75, 3.05) is 37.7 Å². The van der Waals surface area contributed by atoms with Gasteiger partial charge in [-0.25, -0.2) is 8.42 Å². The van der Waals surface area contributed by atoms with Crippen LogP contribution in [0, 0.1) is 0 Å². The summed E-state index contributed by atoms with van der Waals surface area (Å²) in [6.45, 7) is 7.57. The van der Waals surface area contributed by atoms with Crippen LogP contribution in [0.2, 0.25) is 0 Å². The predicted octanol–water partition coefficient (Wildman–Crippen LogP) is 2.31. The number of anilines is 1. The van der Waals surface area contributed by atoms with Crippen LogP contribution in [-0.4, -0.2) is 46.8 Å². The maximum atomic E-state index is 11.9. The summed E-state index contributed by atoms with van der Waals surface area (Å²) < 4.78 is 25.3. The molecule has 0 fully saturated rings. The minimum atomic E-state index is -3.26. The Morgan fingerprint density at radius 3 is 1.85 bits per heavy atom. The molecule has 1 rings (SSSR count). The van der Waals surface area contributed by atoms with Crippen molar-refractivity contribution in [3.05, 3.63) is 29.8 Å². The monoisotopic (exact) mass is 298 g/mol. The summed E-state index contributed by atoms with van der Waals surface area (Å²) in [7, 11) is 0.612. The highest BCUT2D eigenvalue weighted by molar-refractivity contribution is 7.92. The van der Waals surface area contributed by atoms with Crippen LogP contribution in [0.4, 0.5) is 5.69 Å². The zero-order valence-corrected chi connectivity index (χ0v) is 14.2. The second-order valence-electron chi connectivity index (χ2n) is 6.44. The maximum absolute atomic E-state index is 11.9. The van der Waals surface area contributed by atoms with Crippen LogP contribution in [0.3, 0.4) is 0 Å². The SMILES string of the molecule is CN(C)CCN(c1ccc(C(C)(C)C)cc1)S(C)(=O)=O. The fourth-order valence-corrected chi connectivity index (χ4v) is 2.82. The van der Waals surface area contributed by atoms with Crippen molar-refractivity contribution in [3.63, 3.8) is 0 Å². The molecule has 0 aromatic heterocycles. The van der Waals surface area contributed by atoms with E-state index < -0.39 is 10.0 Å². The molecule has 4 nitrogen and oxygen atoms in total. The van der Waals surface area contributed by atoms with Crippen molar-refractivity contribution in [1.82, 2.24) is 4.90 Å². The molecule has 0 atom stereocenters. The second-order valence-corrected chi connectivity index (χ2v) is 8.34. The van der Waals surface area contributed by atoms with Gasteiger partial charge in [0.25, 0.3) is 0 Å². The summed E-state index contributed by atoms with van der Waals surface area (Å²) in [5, 5.41) is 0. The molecule has 0 aliphatic heterocycles. The number of benzene rings is 1. The Labute approximate surface area is 123 Å². The molecule has 0 N–H and O–H groups in total. The topological polar surface area (TPSA) is 40.6 Å². The molecule has 0 aliphatic rings. The standard InChI is InChI=1S/C15H26N2O2S/c1-15(2,3)13-7-9-14(10-8-13)17(20(6,18)19)12-11-16(4)5/h7-10H,11-12H2,1-6H3. The lowest BCUT2D eigenvalue weighted by Gasteiger charge is -2.25. The van der Waals surface area contributed by atoms with E-state index >= 15 is 0 Å². The Balaban J connectivity index is 3.03. The number of hydrogen-bond acceptors (Lipinski definition) is 3. The van der Waals surface area contributed by atoms with Gasteiger partial charge in [0, 0.05) is 13.1 Å². The Hall–Kier alpha value is -1.07. The number of sulfonamides is 1. The number of nitrogens with zero attached hydrogens (tertiary/aromatic N) is 2. The van der Waals surface area contributed by atoms with Gasteiger partial charge in [-0.1, -0.05) is 32.9 Å². The molecule has 0 bridgehead atoms. The molecule has 0 aliphatic carbocycles. The molecule has 1 aromatic carbocycles. The number of hydrogen-bond donors (Lipinski definition) is 0. The van der Waals surface area contributed by atoms with E-state index in [-0.39, 0.29) is 5.41 Å². The molecule has 0 saturated heterocycles. The minimum absolute atomic E-state index is 0.0675. The van der Waals surface area contributed by atoms with E-state index in [2.05, 4.69) is 20.8 Å². The average Bonchev–Trinajstić information content (AvgIpc) is 2.26. The van der Waals surface area contributed by atoms with Gasteiger partial charge in [0.2, 0.25) is 10.0 Å². The largest absolute Gasteiger partial charge is 0.308 e. The average molecular weight is 298 g/mol. The molecular weight excluding hydrogens is 272 g/mol. The maximum Gasteiger partial charge on any atom is 0.232 e. The summed E-state index contributed by atoms with van der Waals surface area (Å²) in [6, 6.07) is 7.78. The van der Waals surface area contributed by atoms with E-state index in [1.807, 2.05) is 43.3 Å². The van der Waals surface area contributed by atoms with E-state index in [9.17, 15) is 8.42 Å². The van der Waals surface area contributed by atoms with Crippen LogP contribution in [0.1, 0.15) is 26.3 Å². The first-order chi connectivity index (χ1) is 9.01. The lowest BCUT2D eigenvalue weighted by Crippen LogP contribution is -2.36. The van der Waals surface area contributed by atoms with Crippen LogP contribution < -0.4 is 4.31 Å². The van der Waals surface area contributed by atoms with Gasteiger partial charge in [0.05, 0.1) is 11.9 Å². The molecule has 114 valence electrons.